The molecule has 0 radical (unpaired) electrons. The van der Waals surface area contributed by atoms with Gasteiger partial charge in [0.05, 0.1) is 6.10 Å². The van der Waals surface area contributed by atoms with Gasteiger partial charge in [-0.15, -0.1) is 0 Å². The van der Waals surface area contributed by atoms with E-state index in [4.69, 9.17) is 0 Å². The molecule has 1 aliphatic rings. The van der Waals surface area contributed by atoms with Crippen LogP contribution in [0, 0.1) is 0 Å². The second kappa shape index (κ2) is 12.6. The van der Waals surface area contributed by atoms with E-state index in [1.807, 2.05) is 30.3 Å². The third-order valence-electron chi connectivity index (χ3n) is 5.67. The predicted octanol–water partition coefficient (Wildman–Crippen LogP) is 3.45. The van der Waals surface area contributed by atoms with Crippen molar-refractivity contribution in [2.24, 2.45) is 0 Å². The number of rotatable bonds is 12. The molecule has 156 valence electrons. The van der Waals surface area contributed by atoms with Crippen molar-refractivity contribution in [2.75, 3.05) is 13.6 Å². The molecular weight excluding hydrogens is 352 g/mol. The molecule has 28 heavy (non-hydrogen) atoms. The van der Waals surface area contributed by atoms with Gasteiger partial charge in [-0.25, -0.2) is 0 Å². The molecule has 0 spiro atoms. The maximum absolute atomic E-state index is 12.4. The summed E-state index contributed by atoms with van der Waals surface area (Å²) in [4.78, 5) is 25.7. The van der Waals surface area contributed by atoms with E-state index < -0.39 is 0 Å². The van der Waals surface area contributed by atoms with Crippen LogP contribution in [0.25, 0.3) is 0 Å². The molecule has 1 aromatic rings. The first-order valence-corrected chi connectivity index (χ1v) is 10.8. The molecule has 0 saturated carbocycles. The Balaban J connectivity index is 1.70. The van der Waals surface area contributed by atoms with E-state index in [-0.39, 0.29) is 24.0 Å². The van der Waals surface area contributed by atoms with Gasteiger partial charge in [0.25, 0.3) is 0 Å². The molecule has 1 saturated heterocycles. The Kier molecular flexibility index (Phi) is 10.0. The Morgan fingerprint density at radius 1 is 1.21 bits per heavy atom. The van der Waals surface area contributed by atoms with Crippen LogP contribution < -0.4 is 5.32 Å². The Morgan fingerprint density at radius 3 is 2.71 bits per heavy atom. The Labute approximate surface area is 169 Å². The molecule has 1 aliphatic heterocycles. The van der Waals surface area contributed by atoms with Crippen molar-refractivity contribution >= 4 is 11.8 Å². The maximum atomic E-state index is 12.4. The molecule has 2 N–H and O–H groups in total. The summed E-state index contributed by atoms with van der Waals surface area (Å²) >= 11 is 0. The monoisotopic (exact) mass is 388 g/mol. The Hall–Kier alpha value is -1.88. The summed E-state index contributed by atoms with van der Waals surface area (Å²) in [5, 5.41) is 13.0. The molecule has 2 atom stereocenters. The summed E-state index contributed by atoms with van der Waals surface area (Å²) < 4.78 is 0. The van der Waals surface area contributed by atoms with Crippen LogP contribution in [-0.2, 0) is 16.0 Å². The van der Waals surface area contributed by atoms with Crippen LogP contribution in [0.1, 0.15) is 69.8 Å². The van der Waals surface area contributed by atoms with Crippen molar-refractivity contribution in [3.8, 4) is 0 Å². The van der Waals surface area contributed by atoms with E-state index in [0.717, 1.165) is 63.5 Å². The fraction of sp³-hybridized carbons (Fsp3) is 0.652. The summed E-state index contributed by atoms with van der Waals surface area (Å²) in [5.74, 6) is 0.361. The van der Waals surface area contributed by atoms with Gasteiger partial charge < -0.3 is 15.3 Å². The molecule has 5 heteroatoms. The zero-order valence-corrected chi connectivity index (χ0v) is 17.2. The predicted molar refractivity (Wildman–Crippen MR) is 112 cm³/mol. The van der Waals surface area contributed by atoms with Crippen LogP contribution >= 0.6 is 0 Å². The summed E-state index contributed by atoms with van der Waals surface area (Å²) in [5.41, 5.74) is 1.16. The molecule has 1 heterocycles. The van der Waals surface area contributed by atoms with Crippen LogP contribution in [0.4, 0.5) is 0 Å². The number of nitrogens with one attached hydrogen (secondary N) is 1. The molecule has 2 amide bonds. The lowest BCUT2D eigenvalue weighted by molar-refractivity contribution is -0.136. The minimum atomic E-state index is -0.356. The van der Waals surface area contributed by atoms with Gasteiger partial charge >= 0.3 is 0 Å². The highest BCUT2D eigenvalue weighted by atomic mass is 16.3. The Bertz CT molecular complexity index is 591. The summed E-state index contributed by atoms with van der Waals surface area (Å²) in [6.07, 6.45) is 9.12. The van der Waals surface area contributed by atoms with E-state index in [0.29, 0.717) is 19.3 Å². The number of hydrogen-bond donors (Lipinski definition) is 2. The zero-order valence-electron chi connectivity index (χ0n) is 17.2. The number of aliphatic hydroxyl groups is 1. The first kappa shape index (κ1) is 22.4. The summed E-state index contributed by atoms with van der Waals surface area (Å²) in [7, 11) is 1.67. The highest BCUT2D eigenvalue weighted by molar-refractivity contribution is 5.77. The SMILES string of the molecule is CNC(=O)CCCCCCN1C(=O)CCC[C@@H]1CCC(O)Cc1ccccc1. The molecule has 1 fully saturated rings. The largest absolute Gasteiger partial charge is 0.393 e. The fourth-order valence-electron chi connectivity index (χ4n) is 4.02. The molecule has 5 nitrogen and oxygen atoms in total. The molecular formula is C23H36N2O3. The second-order valence-corrected chi connectivity index (χ2v) is 7.89. The lowest BCUT2D eigenvalue weighted by Crippen LogP contribution is -2.44. The number of aliphatic hydroxyl groups excluding tert-OH is 1. The third-order valence-corrected chi connectivity index (χ3v) is 5.67. The van der Waals surface area contributed by atoms with Gasteiger partial charge in [0, 0.05) is 32.5 Å². The summed E-state index contributed by atoms with van der Waals surface area (Å²) in [6.45, 7) is 0.804. The number of benzene rings is 1. The average Bonchev–Trinajstić information content (AvgIpc) is 2.70. The lowest BCUT2D eigenvalue weighted by Gasteiger charge is -2.36. The van der Waals surface area contributed by atoms with Gasteiger partial charge in [-0.05, 0) is 50.5 Å². The van der Waals surface area contributed by atoms with Crippen LogP contribution in [0.5, 0.6) is 0 Å². The molecule has 0 bridgehead atoms. The number of hydrogen-bond acceptors (Lipinski definition) is 3. The highest BCUT2D eigenvalue weighted by Gasteiger charge is 2.27. The van der Waals surface area contributed by atoms with Gasteiger partial charge in [-0.2, -0.15) is 0 Å². The van der Waals surface area contributed by atoms with E-state index in [2.05, 4.69) is 10.2 Å². The quantitative estimate of drug-likeness (QED) is 0.539. The van der Waals surface area contributed by atoms with Crippen molar-refractivity contribution in [3.63, 3.8) is 0 Å². The number of piperidine rings is 1. The second-order valence-electron chi connectivity index (χ2n) is 7.89. The first-order chi connectivity index (χ1) is 13.6. The van der Waals surface area contributed by atoms with E-state index in [1.54, 1.807) is 7.05 Å². The van der Waals surface area contributed by atoms with Crippen LogP contribution in [0.15, 0.2) is 30.3 Å². The molecule has 2 rings (SSSR count). The van der Waals surface area contributed by atoms with Gasteiger partial charge in [0.15, 0.2) is 0 Å². The van der Waals surface area contributed by atoms with E-state index in [9.17, 15) is 14.7 Å². The molecule has 0 aromatic heterocycles. The van der Waals surface area contributed by atoms with Gasteiger partial charge in [0.1, 0.15) is 0 Å². The Morgan fingerprint density at radius 2 is 1.96 bits per heavy atom. The van der Waals surface area contributed by atoms with E-state index >= 15 is 0 Å². The smallest absolute Gasteiger partial charge is 0.222 e. The van der Waals surface area contributed by atoms with Gasteiger partial charge in [0.2, 0.25) is 11.8 Å². The number of carbonyl (C=O) groups excluding carboxylic acids is 2. The third kappa shape index (κ3) is 8.01. The average molecular weight is 389 g/mol. The number of unbranched alkanes of at least 4 members (excludes halogenated alkanes) is 3. The zero-order chi connectivity index (χ0) is 20.2. The lowest BCUT2D eigenvalue weighted by atomic mass is 9.94. The van der Waals surface area contributed by atoms with E-state index in [1.165, 1.54) is 0 Å². The van der Waals surface area contributed by atoms with Crippen molar-refractivity contribution < 1.29 is 14.7 Å². The fourth-order valence-corrected chi connectivity index (χ4v) is 4.02. The number of carbonyl (C=O) groups is 2. The number of likely N-dealkylation sites (tertiary alicyclic amines) is 1. The normalized spacial score (nSPS) is 18.1. The number of amides is 2. The van der Waals surface area contributed by atoms with Crippen molar-refractivity contribution in [3.05, 3.63) is 35.9 Å². The van der Waals surface area contributed by atoms with Crippen molar-refractivity contribution in [2.45, 2.75) is 82.8 Å². The minimum absolute atomic E-state index is 0.0975. The van der Waals surface area contributed by atoms with Crippen LogP contribution in [0.3, 0.4) is 0 Å². The summed E-state index contributed by atoms with van der Waals surface area (Å²) in [6, 6.07) is 10.3. The topological polar surface area (TPSA) is 69.6 Å². The first-order valence-electron chi connectivity index (χ1n) is 10.8. The molecule has 0 aliphatic carbocycles. The number of nitrogens with zero attached hydrogens (tertiary/aromatic N) is 1. The standard InChI is InChI=1S/C23H36N2O3/c1-24-22(27)13-7-2-3-8-17-25-20(12-9-14-23(25)28)15-16-21(26)18-19-10-5-4-6-11-19/h4-6,10-11,20-21,26H,2-3,7-9,12-18H2,1H3,(H,24,27)/t20-,21?/m1/s1. The highest BCUT2D eigenvalue weighted by Crippen LogP contribution is 2.24. The van der Waals surface area contributed by atoms with Crippen LogP contribution in [-0.4, -0.2) is 47.6 Å². The minimum Gasteiger partial charge on any atom is -0.393 e. The van der Waals surface area contributed by atoms with Crippen LogP contribution in [0.2, 0.25) is 0 Å². The van der Waals surface area contributed by atoms with Crippen molar-refractivity contribution in [1.29, 1.82) is 0 Å². The van der Waals surface area contributed by atoms with Gasteiger partial charge in [-0.1, -0.05) is 43.2 Å². The molecule has 1 unspecified atom stereocenters. The molecule has 1 aromatic carbocycles. The maximum Gasteiger partial charge on any atom is 0.222 e. The van der Waals surface area contributed by atoms with Crippen molar-refractivity contribution in [1.82, 2.24) is 10.2 Å². The van der Waals surface area contributed by atoms with Gasteiger partial charge in [-0.3, -0.25) is 9.59 Å².